The highest BCUT2D eigenvalue weighted by Gasteiger charge is 2.34. The summed E-state index contributed by atoms with van der Waals surface area (Å²) in [5.74, 6) is -0.792. The van der Waals surface area contributed by atoms with Gasteiger partial charge in [-0.05, 0) is 69.5 Å². The maximum absolute atomic E-state index is 13.3. The highest BCUT2D eigenvalue weighted by Crippen LogP contribution is 2.38. The zero-order valence-electron chi connectivity index (χ0n) is 37.0. The van der Waals surface area contributed by atoms with Crippen molar-refractivity contribution < 1.29 is 33.4 Å². The van der Waals surface area contributed by atoms with Crippen molar-refractivity contribution in [3.8, 4) is 11.5 Å². The molecular formula is C46H53N11O7. The molecule has 0 unspecified atom stereocenters. The SMILES string of the molecule is C=C1C[C@H]2C=Nc3cc(OCCCC(=O)Nc4cn(C)c(C(=O)Nc5cc(C(=O)Nc6cc(C(=O)NCc7ccc(NC(C)(C)C)cc7)n(C)c6)n(C)c5)n4)c(OC)cc3C(=O)N2C1. The molecule has 1 fully saturated rings. The Bertz CT molecular complexity index is 2660. The van der Waals surface area contributed by atoms with Crippen LogP contribution in [0, 0.1) is 0 Å². The van der Waals surface area contributed by atoms with Crippen LogP contribution in [-0.2, 0) is 32.5 Å². The molecule has 334 valence electrons. The van der Waals surface area contributed by atoms with Crippen LogP contribution in [0.3, 0.4) is 0 Å². The fourth-order valence-electron chi connectivity index (χ4n) is 7.47. The number of hydrogen-bond donors (Lipinski definition) is 5. The largest absolute Gasteiger partial charge is 0.493 e. The van der Waals surface area contributed by atoms with Gasteiger partial charge in [0.15, 0.2) is 17.3 Å². The molecule has 64 heavy (non-hydrogen) atoms. The highest BCUT2D eigenvalue weighted by molar-refractivity contribution is 6.07. The zero-order chi connectivity index (χ0) is 45.9. The number of rotatable bonds is 15. The lowest BCUT2D eigenvalue weighted by atomic mass is 10.1. The molecule has 18 nitrogen and oxygen atoms in total. The first-order valence-corrected chi connectivity index (χ1v) is 20.7. The van der Waals surface area contributed by atoms with Crippen molar-refractivity contribution >= 4 is 64.3 Å². The van der Waals surface area contributed by atoms with E-state index in [1.165, 1.54) is 23.9 Å². The molecule has 0 spiro atoms. The van der Waals surface area contributed by atoms with Crippen LogP contribution in [0.4, 0.5) is 28.6 Å². The van der Waals surface area contributed by atoms with Gasteiger partial charge in [0.2, 0.25) is 11.7 Å². The number of nitrogens with zero attached hydrogens (tertiary/aromatic N) is 6. The van der Waals surface area contributed by atoms with Crippen LogP contribution in [0.25, 0.3) is 0 Å². The first kappa shape index (κ1) is 44.4. The summed E-state index contributed by atoms with van der Waals surface area (Å²) >= 11 is 0. The quantitative estimate of drug-likeness (QED) is 0.0614. The number of aryl methyl sites for hydroxylation is 3. The Morgan fingerprint density at radius 3 is 2.17 bits per heavy atom. The Hall–Kier alpha value is -7.63. The van der Waals surface area contributed by atoms with E-state index in [-0.39, 0.29) is 59.7 Å². The predicted molar refractivity (Wildman–Crippen MR) is 244 cm³/mol. The smallest absolute Gasteiger partial charge is 0.291 e. The molecule has 18 heteroatoms. The van der Waals surface area contributed by atoms with E-state index in [1.807, 2.05) is 24.3 Å². The summed E-state index contributed by atoms with van der Waals surface area (Å²) in [6.07, 6.45) is 7.63. The molecule has 3 aromatic heterocycles. The number of methoxy groups -OCH3 is 1. The standard InChI is InChI=1S/C46H53N11O7/c1-27-16-32-22-47-34-20-38(37(63-8)19-33(34)45(62)57(32)23-27)64-15-9-10-40(58)51-39-26-56(7)41(52-39)44(61)50-31-18-36(55(6)25-31)43(60)49-30-17-35(54(5)24-30)42(59)48-21-28-11-13-29(14-12-28)53-46(2,3)4/h11-14,17-20,22,24-26,32,53H,1,9-10,15-16,21,23H2,2-8H3,(H,48,59)(H,49,60)(H,50,61)(H,51,58)/t32-/m0/s1. The number of imidazole rings is 1. The maximum Gasteiger partial charge on any atom is 0.291 e. The van der Waals surface area contributed by atoms with E-state index in [0.29, 0.717) is 65.7 Å². The van der Waals surface area contributed by atoms with Crippen LogP contribution in [0.5, 0.6) is 11.5 Å². The number of hydrogen-bond acceptors (Lipinski definition) is 10. The third-order valence-electron chi connectivity index (χ3n) is 10.5. The summed E-state index contributed by atoms with van der Waals surface area (Å²) in [6, 6.07) is 14.1. The second-order valence-electron chi connectivity index (χ2n) is 16.9. The van der Waals surface area contributed by atoms with Crippen LogP contribution >= 0.6 is 0 Å². The summed E-state index contributed by atoms with van der Waals surface area (Å²) in [5, 5.41) is 14.6. The molecule has 0 aliphatic carbocycles. The van der Waals surface area contributed by atoms with Gasteiger partial charge in [-0.25, -0.2) is 4.98 Å². The number of ether oxygens (including phenoxy) is 2. The van der Waals surface area contributed by atoms with E-state index in [2.05, 4.69) is 63.9 Å². The molecule has 2 aliphatic heterocycles. The molecular weight excluding hydrogens is 819 g/mol. The Kier molecular flexibility index (Phi) is 12.8. The molecule has 5 amide bonds. The van der Waals surface area contributed by atoms with E-state index in [0.717, 1.165) is 16.8 Å². The fourth-order valence-corrected chi connectivity index (χ4v) is 7.47. The van der Waals surface area contributed by atoms with Gasteiger partial charge in [0, 0.05) is 82.8 Å². The minimum absolute atomic E-state index is 0.0277. The number of amides is 5. The molecule has 5 heterocycles. The van der Waals surface area contributed by atoms with Gasteiger partial charge in [-0.15, -0.1) is 0 Å². The van der Waals surface area contributed by atoms with Crippen molar-refractivity contribution in [2.75, 3.05) is 41.5 Å². The lowest BCUT2D eigenvalue weighted by molar-refractivity contribution is -0.116. The lowest BCUT2D eigenvalue weighted by Gasteiger charge is -2.22. The van der Waals surface area contributed by atoms with Gasteiger partial charge >= 0.3 is 0 Å². The van der Waals surface area contributed by atoms with Crippen molar-refractivity contribution in [1.82, 2.24) is 28.9 Å². The third-order valence-corrected chi connectivity index (χ3v) is 10.5. The number of carbonyl (C=O) groups is 5. The van der Waals surface area contributed by atoms with Gasteiger partial charge in [-0.3, -0.25) is 29.0 Å². The van der Waals surface area contributed by atoms with Crippen molar-refractivity contribution in [3.05, 3.63) is 108 Å². The van der Waals surface area contributed by atoms with Crippen LogP contribution < -0.4 is 36.1 Å². The Morgan fingerprint density at radius 1 is 0.828 bits per heavy atom. The van der Waals surface area contributed by atoms with Gasteiger partial charge in [-0.1, -0.05) is 24.3 Å². The summed E-state index contributed by atoms with van der Waals surface area (Å²) in [7, 11) is 6.50. The summed E-state index contributed by atoms with van der Waals surface area (Å²) in [5.41, 5.74) is 5.13. The molecule has 1 saturated heterocycles. The van der Waals surface area contributed by atoms with Crippen LogP contribution in [0.15, 0.2) is 84.3 Å². The number of fused-ring (bicyclic) bond motifs is 2. The molecule has 2 aliphatic rings. The maximum atomic E-state index is 13.3. The molecule has 7 rings (SSSR count). The second-order valence-corrected chi connectivity index (χ2v) is 16.9. The molecule has 5 aromatic rings. The minimum atomic E-state index is -0.559. The summed E-state index contributed by atoms with van der Waals surface area (Å²) in [4.78, 5) is 76.4. The third kappa shape index (κ3) is 10.3. The van der Waals surface area contributed by atoms with Crippen LogP contribution in [-0.4, -0.2) is 91.2 Å². The topological polar surface area (TPSA) is 207 Å². The number of aliphatic imine (C=N–C) groups is 1. The normalized spacial score (nSPS) is 14.4. The number of nitrogens with one attached hydrogen (secondary N) is 5. The number of anilines is 4. The minimum Gasteiger partial charge on any atom is -0.493 e. The van der Waals surface area contributed by atoms with E-state index in [9.17, 15) is 24.0 Å². The van der Waals surface area contributed by atoms with Crippen LogP contribution in [0.1, 0.15) is 87.6 Å². The first-order chi connectivity index (χ1) is 30.4. The van der Waals surface area contributed by atoms with Crippen LogP contribution in [0.2, 0.25) is 0 Å². The average Bonchev–Trinajstić information content (AvgIpc) is 4.00. The van der Waals surface area contributed by atoms with Gasteiger partial charge in [0.05, 0.1) is 42.4 Å². The van der Waals surface area contributed by atoms with Gasteiger partial charge in [0.1, 0.15) is 11.4 Å². The Balaban J connectivity index is 0.878. The number of benzene rings is 2. The predicted octanol–water partition coefficient (Wildman–Crippen LogP) is 6.04. The number of carbonyl (C=O) groups excluding carboxylic acids is 5. The molecule has 2 aromatic carbocycles. The van der Waals surface area contributed by atoms with E-state index in [4.69, 9.17) is 9.47 Å². The van der Waals surface area contributed by atoms with E-state index in [1.54, 1.807) is 72.0 Å². The molecule has 0 bridgehead atoms. The zero-order valence-corrected chi connectivity index (χ0v) is 37.0. The van der Waals surface area contributed by atoms with E-state index >= 15 is 0 Å². The number of aromatic nitrogens is 4. The Labute approximate surface area is 370 Å². The lowest BCUT2D eigenvalue weighted by Crippen LogP contribution is -2.35. The Morgan fingerprint density at radius 2 is 1.50 bits per heavy atom. The van der Waals surface area contributed by atoms with Gasteiger partial charge in [0.25, 0.3) is 23.6 Å². The monoisotopic (exact) mass is 871 g/mol. The van der Waals surface area contributed by atoms with Crippen molar-refractivity contribution in [1.29, 1.82) is 0 Å². The van der Waals surface area contributed by atoms with Crippen molar-refractivity contribution in [3.63, 3.8) is 0 Å². The fraction of sp³-hybridized carbons (Fsp3) is 0.326. The van der Waals surface area contributed by atoms with Gasteiger partial charge < -0.3 is 54.7 Å². The first-order valence-electron chi connectivity index (χ1n) is 20.7. The second kappa shape index (κ2) is 18.4. The van der Waals surface area contributed by atoms with Gasteiger partial charge in [-0.2, -0.15) is 0 Å². The molecule has 0 radical (unpaired) electrons. The van der Waals surface area contributed by atoms with E-state index < -0.39 is 11.8 Å². The summed E-state index contributed by atoms with van der Waals surface area (Å²) in [6.45, 7) is 11.3. The summed E-state index contributed by atoms with van der Waals surface area (Å²) < 4.78 is 16.2. The van der Waals surface area contributed by atoms with Crippen molar-refractivity contribution in [2.45, 2.75) is 58.2 Å². The molecule has 5 N–H and O–H groups in total. The molecule has 0 saturated carbocycles. The average molecular weight is 872 g/mol. The molecule has 1 atom stereocenters. The highest BCUT2D eigenvalue weighted by atomic mass is 16.5. The van der Waals surface area contributed by atoms with Crippen molar-refractivity contribution in [2.24, 2.45) is 26.1 Å².